The molecule has 1 saturated carbocycles. The van der Waals surface area contributed by atoms with Crippen LogP contribution in [0.25, 0.3) is 22.2 Å². The summed E-state index contributed by atoms with van der Waals surface area (Å²) in [5.41, 5.74) is 8.02. The van der Waals surface area contributed by atoms with Gasteiger partial charge in [0.15, 0.2) is 0 Å². The second kappa shape index (κ2) is 7.55. The Balaban J connectivity index is 1.65. The number of carbonyl (C=O) groups excluding carboxylic acids is 1. The average Bonchev–Trinajstić information content (AvgIpc) is 3.00. The first-order valence-corrected chi connectivity index (χ1v) is 9.63. The highest BCUT2D eigenvalue weighted by Crippen LogP contribution is 2.48. The SMILES string of the molecule is C[C@H](N)C(=O)NCC1CC(c2c(-c3ccc(F)cc3)[nH]c3c(F)cc(F)cc23)C1. The number of amides is 1. The molecule has 1 aliphatic rings. The van der Waals surface area contributed by atoms with Gasteiger partial charge in [0.25, 0.3) is 0 Å². The molecule has 0 aliphatic heterocycles. The topological polar surface area (TPSA) is 70.9 Å². The van der Waals surface area contributed by atoms with E-state index in [1.807, 2.05) is 0 Å². The summed E-state index contributed by atoms with van der Waals surface area (Å²) in [7, 11) is 0. The lowest BCUT2D eigenvalue weighted by Crippen LogP contribution is -2.42. The molecule has 7 heteroatoms. The maximum absolute atomic E-state index is 14.4. The number of H-pyrrole nitrogens is 1. The van der Waals surface area contributed by atoms with Gasteiger partial charge in [0.2, 0.25) is 5.91 Å². The van der Waals surface area contributed by atoms with Gasteiger partial charge in [-0.15, -0.1) is 0 Å². The molecule has 0 unspecified atom stereocenters. The van der Waals surface area contributed by atoms with Crippen LogP contribution >= 0.6 is 0 Å². The highest BCUT2D eigenvalue weighted by Gasteiger charge is 2.34. The van der Waals surface area contributed by atoms with E-state index < -0.39 is 17.7 Å². The van der Waals surface area contributed by atoms with Crippen LogP contribution in [-0.4, -0.2) is 23.5 Å². The van der Waals surface area contributed by atoms with E-state index in [0.29, 0.717) is 23.2 Å². The number of hydrogen-bond donors (Lipinski definition) is 3. The Kier molecular flexibility index (Phi) is 5.08. The molecular weight excluding hydrogens is 379 g/mol. The van der Waals surface area contributed by atoms with Crippen molar-refractivity contribution in [1.82, 2.24) is 10.3 Å². The van der Waals surface area contributed by atoms with Crippen molar-refractivity contribution in [2.75, 3.05) is 6.54 Å². The molecule has 1 heterocycles. The van der Waals surface area contributed by atoms with Gasteiger partial charge in [-0.25, -0.2) is 13.2 Å². The molecule has 3 aromatic rings. The summed E-state index contributed by atoms with van der Waals surface area (Å²) in [4.78, 5) is 14.7. The van der Waals surface area contributed by atoms with E-state index in [2.05, 4.69) is 10.3 Å². The smallest absolute Gasteiger partial charge is 0.236 e. The van der Waals surface area contributed by atoms with Crippen molar-refractivity contribution < 1.29 is 18.0 Å². The number of rotatable bonds is 5. The number of halogens is 3. The number of carbonyl (C=O) groups is 1. The second-order valence-electron chi connectivity index (χ2n) is 7.80. The van der Waals surface area contributed by atoms with E-state index in [4.69, 9.17) is 5.73 Å². The van der Waals surface area contributed by atoms with Crippen molar-refractivity contribution in [2.24, 2.45) is 11.7 Å². The van der Waals surface area contributed by atoms with Gasteiger partial charge in [0.05, 0.1) is 17.3 Å². The lowest BCUT2D eigenvalue weighted by molar-refractivity contribution is -0.122. The first kappa shape index (κ1) is 19.5. The fourth-order valence-electron chi connectivity index (χ4n) is 4.05. The summed E-state index contributed by atoms with van der Waals surface area (Å²) in [6.45, 7) is 2.15. The molecule has 4 nitrogen and oxygen atoms in total. The zero-order valence-electron chi connectivity index (χ0n) is 15.9. The predicted octanol–water partition coefficient (Wildman–Crippen LogP) is 4.21. The summed E-state index contributed by atoms with van der Waals surface area (Å²) < 4.78 is 41.7. The molecule has 0 spiro atoms. The molecule has 29 heavy (non-hydrogen) atoms. The minimum absolute atomic E-state index is 0.0854. The first-order chi connectivity index (χ1) is 13.8. The number of nitrogens with one attached hydrogen (secondary N) is 2. The van der Waals surface area contributed by atoms with Crippen molar-refractivity contribution in [3.05, 3.63) is 59.4 Å². The number of nitrogens with two attached hydrogens (primary N) is 1. The van der Waals surface area contributed by atoms with E-state index in [9.17, 15) is 18.0 Å². The number of hydrogen-bond acceptors (Lipinski definition) is 2. The monoisotopic (exact) mass is 401 g/mol. The van der Waals surface area contributed by atoms with Crippen LogP contribution in [0.5, 0.6) is 0 Å². The lowest BCUT2D eigenvalue weighted by atomic mass is 9.70. The summed E-state index contributed by atoms with van der Waals surface area (Å²) in [6, 6.07) is 7.55. The third kappa shape index (κ3) is 3.74. The van der Waals surface area contributed by atoms with Gasteiger partial charge in [0, 0.05) is 18.0 Å². The van der Waals surface area contributed by atoms with Crippen LogP contribution in [0.3, 0.4) is 0 Å². The fraction of sp³-hybridized carbons (Fsp3) is 0.318. The molecule has 4 rings (SSSR count). The lowest BCUT2D eigenvalue weighted by Gasteiger charge is -2.36. The maximum Gasteiger partial charge on any atom is 0.236 e. The van der Waals surface area contributed by atoms with Crippen molar-refractivity contribution >= 4 is 16.8 Å². The Hall–Kier alpha value is -2.80. The highest BCUT2D eigenvalue weighted by atomic mass is 19.1. The molecular formula is C22H22F3N3O. The Morgan fingerprint density at radius 1 is 1.17 bits per heavy atom. The molecule has 0 radical (unpaired) electrons. The minimum Gasteiger partial charge on any atom is -0.354 e. The highest BCUT2D eigenvalue weighted by molar-refractivity contribution is 5.92. The molecule has 2 aromatic carbocycles. The molecule has 1 amide bonds. The summed E-state index contributed by atoms with van der Waals surface area (Å²) in [6.07, 6.45) is 1.55. The maximum atomic E-state index is 14.4. The normalized spacial score (nSPS) is 19.8. The van der Waals surface area contributed by atoms with Gasteiger partial charge in [0.1, 0.15) is 17.5 Å². The van der Waals surface area contributed by atoms with E-state index >= 15 is 0 Å². The van der Waals surface area contributed by atoms with Crippen LogP contribution in [0.2, 0.25) is 0 Å². The third-order valence-electron chi connectivity index (χ3n) is 5.62. The van der Waals surface area contributed by atoms with Crippen molar-refractivity contribution in [2.45, 2.75) is 31.7 Å². The molecule has 0 saturated heterocycles. The Morgan fingerprint density at radius 2 is 1.86 bits per heavy atom. The van der Waals surface area contributed by atoms with E-state index in [-0.39, 0.29) is 29.1 Å². The van der Waals surface area contributed by atoms with E-state index in [0.717, 1.165) is 24.5 Å². The first-order valence-electron chi connectivity index (χ1n) is 9.63. The Bertz CT molecular complexity index is 1050. The van der Waals surface area contributed by atoms with Gasteiger partial charge in [-0.3, -0.25) is 4.79 Å². The van der Waals surface area contributed by atoms with Gasteiger partial charge in [-0.05, 0) is 73.1 Å². The zero-order chi connectivity index (χ0) is 20.7. The number of aromatic nitrogens is 1. The Labute approximate surface area is 166 Å². The van der Waals surface area contributed by atoms with Crippen molar-refractivity contribution in [1.29, 1.82) is 0 Å². The summed E-state index contributed by atoms with van der Waals surface area (Å²) >= 11 is 0. The predicted molar refractivity (Wildman–Crippen MR) is 106 cm³/mol. The standard InChI is InChI=1S/C22H22F3N3O/c1-11(26)22(29)27-10-12-6-14(7-12)19-17-8-16(24)9-18(25)21(17)28-20(19)13-2-4-15(23)5-3-13/h2-5,8-9,11-12,14,28H,6-7,10,26H2,1H3,(H,27,29)/t11-,12?,14?/m0/s1. The largest absolute Gasteiger partial charge is 0.354 e. The fourth-order valence-corrected chi connectivity index (χ4v) is 4.05. The molecule has 1 aliphatic carbocycles. The molecule has 152 valence electrons. The zero-order valence-corrected chi connectivity index (χ0v) is 15.9. The second-order valence-corrected chi connectivity index (χ2v) is 7.80. The van der Waals surface area contributed by atoms with Crippen LogP contribution in [0.15, 0.2) is 36.4 Å². The third-order valence-corrected chi connectivity index (χ3v) is 5.62. The Morgan fingerprint density at radius 3 is 2.52 bits per heavy atom. The van der Waals surface area contributed by atoms with Gasteiger partial charge in [-0.1, -0.05) is 0 Å². The molecule has 4 N–H and O–H groups in total. The van der Waals surface area contributed by atoms with Gasteiger partial charge in [-0.2, -0.15) is 0 Å². The van der Waals surface area contributed by atoms with E-state index in [1.165, 1.54) is 18.2 Å². The quantitative estimate of drug-likeness (QED) is 0.599. The summed E-state index contributed by atoms with van der Waals surface area (Å²) in [5, 5.41) is 3.33. The van der Waals surface area contributed by atoms with Crippen LogP contribution in [-0.2, 0) is 4.79 Å². The van der Waals surface area contributed by atoms with Crippen molar-refractivity contribution in [3.8, 4) is 11.3 Å². The number of aromatic amines is 1. The van der Waals surface area contributed by atoms with Crippen LogP contribution in [0, 0.1) is 23.4 Å². The average molecular weight is 401 g/mol. The molecule has 1 atom stereocenters. The van der Waals surface area contributed by atoms with Gasteiger partial charge < -0.3 is 16.0 Å². The number of benzene rings is 2. The van der Waals surface area contributed by atoms with Crippen LogP contribution < -0.4 is 11.1 Å². The van der Waals surface area contributed by atoms with Gasteiger partial charge >= 0.3 is 0 Å². The van der Waals surface area contributed by atoms with Crippen LogP contribution in [0.1, 0.15) is 31.2 Å². The molecule has 1 aromatic heterocycles. The van der Waals surface area contributed by atoms with Crippen LogP contribution in [0.4, 0.5) is 13.2 Å². The van der Waals surface area contributed by atoms with Crippen molar-refractivity contribution in [3.63, 3.8) is 0 Å². The summed E-state index contributed by atoms with van der Waals surface area (Å²) in [5.74, 6) is -1.50. The number of fused-ring (bicyclic) bond motifs is 1. The molecule has 0 bridgehead atoms. The van der Waals surface area contributed by atoms with E-state index in [1.54, 1.807) is 19.1 Å². The molecule has 1 fully saturated rings. The minimum atomic E-state index is -0.658.